The van der Waals surface area contributed by atoms with Crippen molar-refractivity contribution < 1.29 is 0 Å². The number of nitrogens with zero attached hydrogens (tertiary/aromatic N) is 2. The fourth-order valence-electron chi connectivity index (χ4n) is 5.90. The van der Waals surface area contributed by atoms with Crippen LogP contribution in [0.15, 0.2) is 86.1 Å². The maximum atomic E-state index is 5.20. The van der Waals surface area contributed by atoms with Gasteiger partial charge >= 0.3 is 218 Å². The number of allylic oxidation sites excluding steroid dienone is 4. The van der Waals surface area contributed by atoms with Crippen molar-refractivity contribution in [3.63, 3.8) is 0 Å². The summed E-state index contributed by atoms with van der Waals surface area (Å²) < 4.78 is 2.73. The van der Waals surface area contributed by atoms with Gasteiger partial charge in [0.25, 0.3) is 0 Å². The molecule has 6 rings (SSSR count). The van der Waals surface area contributed by atoms with Crippen molar-refractivity contribution in [2.75, 3.05) is 0 Å². The first-order valence-electron chi connectivity index (χ1n) is 14.0. The Bertz CT molecular complexity index is 1680. The summed E-state index contributed by atoms with van der Waals surface area (Å²) in [6, 6.07) is 16.1. The van der Waals surface area contributed by atoms with Crippen LogP contribution in [0.2, 0.25) is 0 Å². The molecule has 2 nitrogen and oxygen atoms in total. The number of rotatable bonds is 2. The third kappa shape index (κ3) is 4.62. The number of fused-ring (bicyclic) bond motifs is 9. The third-order valence-electron chi connectivity index (χ3n) is 8.22. The normalized spacial score (nSPS) is 17.1. The predicted molar refractivity (Wildman–Crippen MR) is 170 cm³/mol. The van der Waals surface area contributed by atoms with E-state index < -0.39 is 0 Å². The molecule has 0 aromatic carbocycles. The summed E-state index contributed by atoms with van der Waals surface area (Å²) in [5.41, 5.74) is 16.1. The van der Waals surface area contributed by atoms with Crippen molar-refractivity contribution in [3.05, 3.63) is 101 Å². The second kappa shape index (κ2) is 9.73. The van der Waals surface area contributed by atoms with Crippen LogP contribution in [0.25, 0.3) is 35.4 Å². The van der Waals surface area contributed by atoms with Gasteiger partial charge in [-0.2, -0.15) is 0 Å². The van der Waals surface area contributed by atoms with E-state index in [4.69, 9.17) is 9.98 Å². The number of aliphatic imine (C=N–C) groups is 2. The molecule has 0 amide bonds. The summed E-state index contributed by atoms with van der Waals surface area (Å²) in [5, 5.41) is 0. The number of hydrogen-bond acceptors (Lipinski definition) is 2. The van der Waals surface area contributed by atoms with Crippen LogP contribution in [-0.4, -0.2) is 25.9 Å². The Morgan fingerprint density at radius 2 is 1.10 bits per heavy atom. The molecule has 1 aromatic rings. The van der Waals surface area contributed by atoms with E-state index in [0.29, 0.717) is 0 Å². The van der Waals surface area contributed by atoms with Crippen molar-refractivity contribution in [1.29, 1.82) is 0 Å². The standard InChI is InChI=1S/C36H36N2Se/c1-8-28-21(3)32-19-26-12-13-27(39-26)20-33-22(4)29(9-2)35(38-33)18-24-16-23(17-34(28)37-32)30-14-10-25(36(5,6)7)11-15-31(24)30/h10-20H,8-9H2,1-7H3. The van der Waals surface area contributed by atoms with Gasteiger partial charge in [-0.1, -0.05) is 20.8 Å². The Morgan fingerprint density at radius 1 is 0.641 bits per heavy atom. The molecule has 0 saturated heterocycles. The number of hydrogen-bond donors (Lipinski definition) is 0. The van der Waals surface area contributed by atoms with E-state index in [9.17, 15) is 0 Å². The van der Waals surface area contributed by atoms with Gasteiger partial charge in [-0.25, -0.2) is 0 Å². The van der Waals surface area contributed by atoms with E-state index in [1.165, 1.54) is 58.3 Å². The van der Waals surface area contributed by atoms with E-state index in [2.05, 4.69) is 115 Å². The van der Waals surface area contributed by atoms with Crippen LogP contribution < -0.4 is 8.19 Å². The van der Waals surface area contributed by atoms with Crippen molar-refractivity contribution in [2.45, 2.75) is 66.7 Å². The van der Waals surface area contributed by atoms with E-state index in [-0.39, 0.29) is 19.9 Å². The monoisotopic (exact) mass is 576 g/mol. The SMILES string of the molecule is CCC1=C(C)C2=NC1=Cc1cc(c3ccc(C(C)(C)C)ccc1-3)C=C1N=C(C=c3ccc([se]3)=C2)C(C)=C1CC. The molecule has 3 heteroatoms. The Labute approximate surface area is 238 Å². The van der Waals surface area contributed by atoms with E-state index >= 15 is 0 Å². The molecule has 4 heterocycles. The predicted octanol–water partition coefficient (Wildman–Crippen LogP) is 7.46. The molecule has 0 saturated carbocycles. The van der Waals surface area contributed by atoms with Crippen molar-refractivity contribution >= 4 is 50.2 Å². The molecule has 196 valence electrons. The summed E-state index contributed by atoms with van der Waals surface area (Å²) >= 11 is 0.256. The van der Waals surface area contributed by atoms with Crippen molar-refractivity contribution in [3.8, 4) is 11.1 Å². The molecule has 3 aliphatic heterocycles. The van der Waals surface area contributed by atoms with Crippen molar-refractivity contribution in [1.82, 2.24) is 0 Å². The minimum atomic E-state index is 0.0805. The summed E-state index contributed by atoms with van der Waals surface area (Å²) in [5.74, 6) is 0. The molecule has 1 aromatic heterocycles. The van der Waals surface area contributed by atoms with Crippen LogP contribution >= 0.6 is 0 Å². The minimum absolute atomic E-state index is 0.0805. The Morgan fingerprint density at radius 3 is 1.51 bits per heavy atom. The quantitative estimate of drug-likeness (QED) is 0.284. The van der Waals surface area contributed by atoms with Crippen LogP contribution in [0.3, 0.4) is 0 Å². The summed E-state index contributed by atoms with van der Waals surface area (Å²) in [4.78, 5) is 10.4. The fraction of sp³-hybridized carbons (Fsp3) is 0.278. The molecule has 0 radical (unpaired) electrons. The molecule has 39 heavy (non-hydrogen) atoms. The van der Waals surface area contributed by atoms with Gasteiger partial charge in [0, 0.05) is 0 Å². The zero-order chi connectivity index (χ0) is 27.5. The van der Waals surface area contributed by atoms with Gasteiger partial charge in [-0.15, -0.1) is 0 Å². The van der Waals surface area contributed by atoms with Gasteiger partial charge < -0.3 is 0 Å². The molecule has 2 aliphatic carbocycles. The first-order chi connectivity index (χ1) is 18.7. The van der Waals surface area contributed by atoms with E-state index in [1.54, 1.807) is 0 Å². The first-order valence-corrected chi connectivity index (χ1v) is 15.8. The van der Waals surface area contributed by atoms with Crippen LogP contribution in [0, 0.1) is 0 Å². The van der Waals surface area contributed by atoms with Gasteiger partial charge in [0.15, 0.2) is 0 Å². The second-order valence-corrected chi connectivity index (χ2v) is 14.2. The Hall–Kier alpha value is -3.26. The van der Waals surface area contributed by atoms with Gasteiger partial charge in [0.2, 0.25) is 0 Å². The molecular weight excluding hydrogens is 539 g/mol. The van der Waals surface area contributed by atoms with Gasteiger partial charge in [-0.3, -0.25) is 0 Å². The summed E-state index contributed by atoms with van der Waals surface area (Å²) in [6.45, 7) is 15.8. The fourth-order valence-corrected chi connectivity index (χ4v) is 7.76. The third-order valence-corrected chi connectivity index (χ3v) is 10.3. The second-order valence-electron chi connectivity index (χ2n) is 11.8. The van der Waals surface area contributed by atoms with E-state index in [1.807, 2.05) is 0 Å². The van der Waals surface area contributed by atoms with Crippen LogP contribution in [0.5, 0.6) is 0 Å². The zero-order valence-electron chi connectivity index (χ0n) is 24.1. The molecule has 5 aliphatic rings. The van der Waals surface area contributed by atoms with Gasteiger partial charge in [0.1, 0.15) is 0 Å². The van der Waals surface area contributed by atoms with Crippen LogP contribution in [0.4, 0.5) is 0 Å². The Kier molecular flexibility index (Phi) is 6.49. The van der Waals surface area contributed by atoms with Crippen LogP contribution in [0.1, 0.15) is 78.0 Å². The average molecular weight is 576 g/mol. The summed E-state index contributed by atoms with van der Waals surface area (Å²) in [6.07, 6.45) is 11.2. The van der Waals surface area contributed by atoms with E-state index in [0.717, 1.165) is 35.7 Å². The van der Waals surface area contributed by atoms with Crippen LogP contribution in [-0.2, 0) is 5.41 Å². The average Bonchev–Trinajstić information content (AvgIpc) is 3.55. The zero-order valence-corrected chi connectivity index (χ0v) is 25.8. The van der Waals surface area contributed by atoms with Crippen molar-refractivity contribution in [2.24, 2.45) is 9.98 Å². The topological polar surface area (TPSA) is 24.7 Å². The maximum absolute atomic E-state index is 5.20. The van der Waals surface area contributed by atoms with Gasteiger partial charge in [0.05, 0.1) is 0 Å². The molecular formula is C36H36N2Se. The molecule has 0 N–H and O–H groups in total. The van der Waals surface area contributed by atoms with Gasteiger partial charge in [-0.05, 0) is 0 Å². The Balaban J connectivity index is 1.69. The molecule has 8 bridgehead atoms. The molecule has 0 atom stereocenters. The summed E-state index contributed by atoms with van der Waals surface area (Å²) in [7, 11) is 0. The first kappa shape index (κ1) is 26.0. The molecule has 0 fully saturated rings. The molecule has 0 unspecified atom stereocenters. The molecule has 0 spiro atoms.